The smallest absolute Gasteiger partial charge is 0.133 e. The van der Waals surface area contributed by atoms with Crippen molar-refractivity contribution in [3.05, 3.63) is 60.3 Å². The average molecular weight is 254 g/mol. The van der Waals surface area contributed by atoms with Gasteiger partial charge in [-0.1, -0.05) is 24.3 Å². The summed E-state index contributed by atoms with van der Waals surface area (Å²) in [4.78, 5) is 4.10. The molecule has 0 saturated carbocycles. The number of hydrogen-bond donors (Lipinski definition) is 1. The summed E-state index contributed by atoms with van der Waals surface area (Å²) in [5.74, 6) is 1.44. The van der Waals surface area contributed by atoms with E-state index in [2.05, 4.69) is 4.98 Å². The SMILES string of the molecule is COc1ccncc1C(N)c1occ2ccccc12. The molecular weight excluding hydrogens is 240 g/mol. The van der Waals surface area contributed by atoms with Crippen molar-refractivity contribution in [1.82, 2.24) is 4.98 Å². The lowest BCUT2D eigenvalue weighted by Crippen LogP contribution is -2.12. The summed E-state index contributed by atoms with van der Waals surface area (Å²) >= 11 is 0. The Balaban J connectivity index is 2.11. The summed E-state index contributed by atoms with van der Waals surface area (Å²) in [5, 5.41) is 2.05. The summed E-state index contributed by atoms with van der Waals surface area (Å²) in [6.07, 6.45) is 5.10. The molecule has 96 valence electrons. The first kappa shape index (κ1) is 11.7. The van der Waals surface area contributed by atoms with Crippen LogP contribution >= 0.6 is 0 Å². The molecule has 19 heavy (non-hydrogen) atoms. The van der Waals surface area contributed by atoms with Crippen LogP contribution in [0.15, 0.2) is 53.4 Å². The number of fused-ring (bicyclic) bond motifs is 1. The predicted molar refractivity (Wildman–Crippen MR) is 73.0 cm³/mol. The normalized spacial score (nSPS) is 12.5. The van der Waals surface area contributed by atoms with Gasteiger partial charge in [0.25, 0.3) is 0 Å². The Morgan fingerprint density at radius 2 is 2.11 bits per heavy atom. The van der Waals surface area contributed by atoms with E-state index in [1.54, 1.807) is 31.8 Å². The molecule has 3 rings (SSSR count). The number of furan rings is 1. The van der Waals surface area contributed by atoms with Crippen LogP contribution in [0.1, 0.15) is 17.4 Å². The number of ether oxygens (including phenoxy) is 1. The summed E-state index contributed by atoms with van der Waals surface area (Å²) in [7, 11) is 1.62. The zero-order valence-electron chi connectivity index (χ0n) is 10.5. The second-order valence-corrected chi connectivity index (χ2v) is 4.28. The van der Waals surface area contributed by atoms with Gasteiger partial charge in [0.15, 0.2) is 0 Å². The quantitative estimate of drug-likeness (QED) is 0.780. The summed E-state index contributed by atoms with van der Waals surface area (Å²) in [6.45, 7) is 0. The van der Waals surface area contributed by atoms with Crippen molar-refractivity contribution in [2.24, 2.45) is 5.73 Å². The number of hydrogen-bond acceptors (Lipinski definition) is 4. The fourth-order valence-electron chi connectivity index (χ4n) is 2.21. The van der Waals surface area contributed by atoms with Crippen LogP contribution in [0.2, 0.25) is 0 Å². The van der Waals surface area contributed by atoms with Gasteiger partial charge in [-0.15, -0.1) is 0 Å². The largest absolute Gasteiger partial charge is 0.496 e. The molecule has 0 amide bonds. The van der Waals surface area contributed by atoms with Crippen LogP contribution in [0.4, 0.5) is 0 Å². The number of aromatic nitrogens is 1. The van der Waals surface area contributed by atoms with E-state index in [0.717, 1.165) is 22.1 Å². The van der Waals surface area contributed by atoms with Crippen LogP contribution in [-0.4, -0.2) is 12.1 Å². The minimum absolute atomic E-state index is 0.399. The molecule has 3 aromatic rings. The van der Waals surface area contributed by atoms with Crippen LogP contribution in [0.3, 0.4) is 0 Å². The van der Waals surface area contributed by atoms with Crippen molar-refractivity contribution in [2.75, 3.05) is 7.11 Å². The molecule has 2 aromatic heterocycles. The van der Waals surface area contributed by atoms with Crippen molar-refractivity contribution >= 4 is 10.8 Å². The Kier molecular flexibility index (Phi) is 2.93. The Morgan fingerprint density at radius 1 is 1.26 bits per heavy atom. The van der Waals surface area contributed by atoms with Crippen molar-refractivity contribution in [1.29, 1.82) is 0 Å². The van der Waals surface area contributed by atoms with E-state index < -0.39 is 6.04 Å². The molecule has 0 bridgehead atoms. The Morgan fingerprint density at radius 3 is 2.95 bits per heavy atom. The van der Waals surface area contributed by atoms with E-state index in [9.17, 15) is 0 Å². The van der Waals surface area contributed by atoms with Crippen LogP contribution in [0.5, 0.6) is 5.75 Å². The Labute approximate surface area is 110 Å². The fraction of sp³-hybridized carbons (Fsp3) is 0.133. The molecule has 1 unspecified atom stereocenters. The number of benzene rings is 1. The van der Waals surface area contributed by atoms with Gasteiger partial charge in [-0.05, 0) is 6.07 Å². The highest BCUT2D eigenvalue weighted by atomic mass is 16.5. The van der Waals surface area contributed by atoms with E-state index in [4.69, 9.17) is 14.9 Å². The van der Waals surface area contributed by atoms with Gasteiger partial charge in [0.2, 0.25) is 0 Å². The predicted octanol–water partition coefficient (Wildman–Crippen LogP) is 2.88. The number of methoxy groups -OCH3 is 1. The first-order valence-corrected chi connectivity index (χ1v) is 6.01. The third kappa shape index (κ3) is 1.96. The first-order chi connectivity index (χ1) is 9.31. The summed E-state index contributed by atoms with van der Waals surface area (Å²) < 4.78 is 10.9. The third-order valence-electron chi connectivity index (χ3n) is 3.19. The molecule has 4 nitrogen and oxygen atoms in total. The lowest BCUT2D eigenvalue weighted by molar-refractivity contribution is 0.402. The van der Waals surface area contributed by atoms with Crippen molar-refractivity contribution < 1.29 is 9.15 Å². The number of nitrogens with two attached hydrogens (primary N) is 1. The second-order valence-electron chi connectivity index (χ2n) is 4.28. The van der Waals surface area contributed by atoms with Crippen LogP contribution in [-0.2, 0) is 0 Å². The van der Waals surface area contributed by atoms with E-state index in [0.29, 0.717) is 5.75 Å². The molecule has 0 radical (unpaired) electrons. The number of pyridine rings is 1. The van der Waals surface area contributed by atoms with Gasteiger partial charge in [0.1, 0.15) is 11.5 Å². The topological polar surface area (TPSA) is 61.3 Å². The maximum atomic E-state index is 6.29. The number of rotatable bonds is 3. The van der Waals surface area contributed by atoms with Crippen molar-refractivity contribution in [3.8, 4) is 5.75 Å². The summed E-state index contributed by atoms with van der Waals surface area (Å²) in [6, 6.07) is 9.32. The minimum atomic E-state index is -0.399. The molecule has 0 spiro atoms. The molecule has 0 aliphatic rings. The van der Waals surface area contributed by atoms with E-state index in [1.165, 1.54) is 0 Å². The average Bonchev–Trinajstić information content (AvgIpc) is 2.90. The Bertz CT molecular complexity index is 706. The first-order valence-electron chi connectivity index (χ1n) is 6.01. The molecule has 0 fully saturated rings. The van der Waals surface area contributed by atoms with Crippen LogP contribution in [0.25, 0.3) is 10.8 Å². The van der Waals surface area contributed by atoms with Gasteiger partial charge in [0.05, 0.1) is 19.4 Å². The maximum Gasteiger partial charge on any atom is 0.133 e. The van der Waals surface area contributed by atoms with Gasteiger partial charge in [-0.3, -0.25) is 4.98 Å². The van der Waals surface area contributed by atoms with E-state index >= 15 is 0 Å². The second kappa shape index (κ2) is 4.74. The van der Waals surface area contributed by atoms with Crippen molar-refractivity contribution in [2.45, 2.75) is 6.04 Å². The zero-order chi connectivity index (χ0) is 13.2. The Hall–Kier alpha value is -2.33. The maximum absolute atomic E-state index is 6.29. The molecule has 0 aliphatic heterocycles. The highest BCUT2D eigenvalue weighted by Gasteiger charge is 2.19. The lowest BCUT2D eigenvalue weighted by atomic mass is 10.0. The molecule has 1 atom stereocenters. The standard InChI is InChI=1S/C15H14N2O2/c1-18-13-6-7-17-8-12(13)14(16)15-11-5-3-2-4-10(11)9-19-15/h2-9,14H,16H2,1H3. The van der Waals surface area contributed by atoms with Gasteiger partial charge in [0, 0.05) is 28.7 Å². The molecule has 2 N–H and O–H groups in total. The van der Waals surface area contributed by atoms with Gasteiger partial charge >= 0.3 is 0 Å². The van der Waals surface area contributed by atoms with Crippen LogP contribution < -0.4 is 10.5 Å². The molecular formula is C15H14N2O2. The van der Waals surface area contributed by atoms with Gasteiger partial charge in [-0.2, -0.15) is 0 Å². The third-order valence-corrected chi connectivity index (χ3v) is 3.19. The minimum Gasteiger partial charge on any atom is -0.496 e. The molecule has 1 aromatic carbocycles. The summed E-state index contributed by atoms with van der Waals surface area (Å²) in [5.41, 5.74) is 7.10. The molecule has 2 heterocycles. The lowest BCUT2D eigenvalue weighted by Gasteiger charge is -2.13. The highest BCUT2D eigenvalue weighted by Crippen LogP contribution is 2.32. The van der Waals surface area contributed by atoms with Crippen molar-refractivity contribution in [3.63, 3.8) is 0 Å². The highest BCUT2D eigenvalue weighted by molar-refractivity contribution is 5.84. The molecule has 0 aliphatic carbocycles. The number of nitrogens with zero attached hydrogens (tertiary/aromatic N) is 1. The van der Waals surface area contributed by atoms with Crippen LogP contribution in [0, 0.1) is 0 Å². The fourth-order valence-corrected chi connectivity index (χ4v) is 2.21. The molecule has 4 heteroatoms. The zero-order valence-corrected chi connectivity index (χ0v) is 10.5. The van der Waals surface area contributed by atoms with Gasteiger partial charge < -0.3 is 14.9 Å². The van der Waals surface area contributed by atoms with Gasteiger partial charge in [-0.25, -0.2) is 0 Å². The van der Waals surface area contributed by atoms with E-state index in [-0.39, 0.29) is 0 Å². The van der Waals surface area contributed by atoms with E-state index in [1.807, 2.05) is 24.3 Å². The monoisotopic (exact) mass is 254 g/mol. The molecule has 0 saturated heterocycles.